The summed E-state index contributed by atoms with van der Waals surface area (Å²) in [6, 6.07) is 18.9. The van der Waals surface area contributed by atoms with Crippen LogP contribution in [0.5, 0.6) is 0 Å². The molecule has 23 heavy (non-hydrogen) atoms. The number of imidazole rings is 1. The first-order valence-corrected chi connectivity index (χ1v) is 7.35. The van der Waals surface area contributed by atoms with E-state index < -0.39 is 5.92 Å². The smallest absolute Gasteiger partial charge is 0.251 e. The molecule has 0 aliphatic heterocycles. The number of nitrogens with one attached hydrogen (secondary N) is 1. The van der Waals surface area contributed by atoms with Gasteiger partial charge in [0.1, 0.15) is 11.7 Å². The molecule has 1 N–H and O–H groups in total. The summed E-state index contributed by atoms with van der Waals surface area (Å²) in [6.45, 7) is 0.224. The zero-order valence-corrected chi connectivity index (χ0v) is 12.7. The molecule has 1 unspecified atom stereocenters. The van der Waals surface area contributed by atoms with Crippen molar-refractivity contribution < 1.29 is 4.79 Å². The lowest BCUT2D eigenvalue weighted by molar-refractivity contribution is 0.0952. The van der Waals surface area contributed by atoms with Gasteiger partial charge in [0, 0.05) is 19.2 Å². The van der Waals surface area contributed by atoms with Gasteiger partial charge in [-0.25, -0.2) is 4.98 Å². The third-order valence-electron chi connectivity index (χ3n) is 3.79. The Bertz CT molecular complexity index is 877. The first-order valence-electron chi connectivity index (χ1n) is 7.35. The number of fused-ring (bicyclic) bond motifs is 1. The van der Waals surface area contributed by atoms with E-state index in [4.69, 9.17) is 0 Å². The molecule has 0 bridgehead atoms. The molecule has 0 spiro atoms. The molecule has 0 radical (unpaired) electrons. The van der Waals surface area contributed by atoms with Gasteiger partial charge in [0.25, 0.3) is 5.91 Å². The minimum Gasteiger partial charge on any atom is -0.350 e. The molecule has 3 aromatic rings. The molecule has 2 aromatic carbocycles. The Labute approximate surface area is 134 Å². The number of aryl methyl sites for hydroxylation is 1. The number of nitriles is 1. The van der Waals surface area contributed by atoms with E-state index in [-0.39, 0.29) is 12.5 Å². The van der Waals surface area contributed by atoms with Crippen molar-refractivity contribution in [3.05, 3.63) is 66.0 Å². The van der Waals surface area contributed by atoms with E-state index in [0.717, 1.165) is 11.0 Å². The van der Waals surface area contributed by atoms with Crippen molar-refractivity contribution in [1.29, 1.82) is 5.26 Å². The number of rotatable bonds is 4. The highest BCUT2D eigenvalue weighted by atomic mass is 16.1. The van der Waals surface area contributed by atoms with Crippen LogP contribution in [-0.2, 0) is 7.05 Å². The SMILES string of the molecule is Cn1c(C(C#N)CNC(=O)c2ccccc2)nc2ccccc21. The maximum Gasteiger partial charge on any atom is 0.251 e. The highest BCUT2D eigenvalue weighted by Gasteiger charge is 2.19. The lowest BCUT2D eigenvalue weighted by Gasteiger charge is -2.11. The van der Waals surface area contributed by atoms with Crippen molar-refractivity contribution in [1.82, 2.24) is 14.9 Å². The van der Waals surface area contributed by atoms with Gasteiger partial charge in [0.2, 0.25) is 0 Å². The molecule has 3 rings (SSSR count). The molecule has 0 saturated heterocycles. The Balaban J connectivity index is 1.79. The van der Waals surface area contributed by atoms with Crippen LogP contribution >= 0.6 is 0 Å². The van der Waals surface area contributed by atoms with Gasteiger partial charge in [-0.3, -0.25) is 4.79 Å². The van der Waals surface area contributed by atoms with Gasteiger partial charge in [-0.1, -0.05) is 30.3 Å². The van der Waals surface area contributed by atoms with Crippen molar-refractivity contribution in [2.45, 2.75) is 5.92 Å². The number of hydrogen-bond donors (Lipinski definition) is 1. The van der Waals surface area contributed by atoms with Crippen LogP contribution in [0.25, 0.3) is 11.0 Å². The number of hydrogen-bond acceptors (Lipinski definition) is 3. The van der Waals surface area contributed by atoms with Gasteiger partial charge in [0.15, 0.2) is 0 Å². The number of amides is 1. The van der Waals surface area contributed by atoms with Crippen LogP contribution in [0.1, 0.15) is 22.1 Å². The van der Waals surface area contributed by atoms with E-state index in [1.807, 2.05) is 54.1 Å². The number of nitrogens with zero attached hydrogens (tertiary/aromatic N) is 3. The minimum absolute atomic E-state index is 0.190. The Morgan fingerprint density at radius 2 is 1.91 bits per heavy atom. The van der Waals surface area contributed by atoms with E-state index in [0.29, 0.717) is 11.4 Å². The van der Waals surface area contributed by atoms with Crippen LogP contribution in [0.3, 0.4) is 0 Å². The van der Waals surface area contributed by atoms with Gasteiger partial charge in [-0.05, 0) is 24.3 Å². The van der Waals surface area contributed by atoms with E-state index in [2.05, 4.69) is 16.4 Å². The molecule has 0 fully saturated rings. The predicted molar refractivity (Wildman–Crippen MR) is 87.8 cm³/mol. The van der Waals surface area contributed by atoms with Crippen LogP contribution in [0.15, 0.2) is 54.6 Å². The highest BCUT2D eigenvalue weighted by molar-refractivity contribution is 5.94. The van der Waals surface area contributed by atoms with Crippen LogP contribution < -0.4 is 5.32 Å². The fourth-order valence-electron chi connectivity index (χ4n) is 2.56. The first-order chi connectivity index (χ1) is 11.2. The van der Waals surface area contributed by atoms with Gasteiger partial charge in [-0.2, -0.15) is 5.26 Å². The Morgan fingerprint density at radius 3 is 2.61 bits per heavy atom. The molecule has 1 heterocycles. The summed E-state index contributed by atoms with van der Waals surface area (Å²) in [5.41, 5.74) is 2.39. The van der Waals surface area contributed by atoms with Gasteiger partial charge >= 0.3 is 0 Å². The summed E-state index contributed by atoms with van der Waals surface area (Å²) >= 11 is 0. The summed E-state index contributed by atoms with van der Waals surface area (Å²) in [4.78, 5) is 16.6. The molecule has 1 amide bonds. The summed E-state index contributed by atoms with van der Waals surface area (Å²) in [7, 11) is 1.88. The van der Waals surface area contributed by atoms with Crippen molar-refractivity contribution in [2.75, 3.05) is 6.54 Å². The van der Waals surface area contributed by atoms with Gasteiger partial charge < -0.3 is 9.88 Å². The third-order valence-corrected chi connectivity index (χ3v) is 3.79. The molecule has 0 aliphatic carbocycles. The summed E-state index contributed by atoms with van der Waals surface area (Å²) in [6.07, 6.45) is 0. The zero-order chi connectivity index (χ0) is 16.2. The number of carbonyl (C=O) groups excluding carboxylic acids is 1. The fraction of sp³-hybridized carbons (Fsp3) is 0.167. The van der Waals surface area contributed by atoms with Crippen LogP contribution in [0.4, 0.5) is 0 Å². The fourth-order valence-corrected chi connectivity index (χ4v) is 2.56. The van der Waals surface area contributed by atoms with Crippen LogP contribution in [0, 0.1) is 11.3 Å². The summed E-state index contributed by atoms with van der Waals surface area (Å²) in [5.74, 6) is -0.0354. The van der Waals surface area contributed by atoms with Gasteiger partial charge in [0.05, 0.1) is 17.1 Å². The van der Waals surface area contributed by atoms with Crippen molar-refractivity contribution in [3.63, 3.8) is 0 Å². The lowest BCUT2D eigenvalue weighted by Crippen LogP contribution is -2.28. The second-order valence-corrected chi connectivity index (χ2v) is 5.28. The molecule has 0 saturated carbocycles. The third kappa shape index (κ3) is 2.92. The number of carbonyl (C=O) groups is 1. The average Bonchev–Trinajstić information content (AvgIpc) is 2.93. The Morgan fingerprint density at radius 1 is 1.22 bits per heavy atom. The number of benzene rings is 2. The largest absolute Gasteiger partial charge is 0.350 e. The number of aromatic nitrogens is 2. The van der Waals surface area contributed by atoms with E-state index >= 15 is 0 Å². The normalized spacial score (nSPS) is 11.8. The lowest BCUT2D eigenvalue weighted by atomic mass is 10.1. The van der Waals surface area contributed by atoms with E-state index in [9.17, 15) is 10.1 Å². The molecular formula is C18H16N4O. The molecule has 114 valence electrons. The van der Waals surface area contributed by atoms with E-state index in [1.54, 1.807) is 12.1 Å². The molecule has 5 nitrogen and oxygen atoms in total. The monoisotopic (exact) mass is 304 g/mol. The average molecular weight is 304 g/mol. The maximum absolute atomic E-state index is 12.1. The summed E-state index contributed by atoms with van der Waals surface area (Å²) in [5, 5.41) is 12.3. The molecule has 1 aromatic heterocycles. The van der Waals surface area contributed by atoms with E-state index in [1.165, 1.54) is 0 Å². The highest BCUT2D eigenvalue weighted by Crippen LogP contribution is 2.20. The topological polar surface area (TPSA) is 70.7 Å². The zero-order valence-electron chi connectivity index (χ0n) is 12.7. The van der Waals surface area contributed by atoms with Crippen LogP contribution in [0.2, 0.25) is 0 Å². The molecule has 5 heteroatoms. The second kappa shape index (κ2) is 6.32. The predicted octanol–water partition coefficient (Wildman–Crippen LogP) is 2.61. The Hall–Kier alpha value is -3.13. The standard InChI is InChI=1S/C18H16N4O/c1-22-16-10-6-5-9-15(16)21-17(22)14(11-19)12-20-18(23)13-7-3-2-4-8-13/h2-10,14H,12H2,1H3,(H,20,23). The van der Waals surface area contributed by atoms with Crippen molar-refractivity contribution >= 4 is 16.9 Å². The minimum atomic E-state index is -0.500. The number of para-hydroxylation sites is 2. The van der Waals surface area contributed by atoms with Crippen molar-refractivity contribution in [2.24, 2.45) is 7.05 Å². The first kappa shape index (κ1) is 14.8. The second-order valence-electron chi connectivity index (χ2n) is 5.28. The van der Waals surface area contributed by atoms with Crippen LogP contribution in [-0.4, -0.2) is 22.0 Å². The summed E-state index contributed by atoms with van der Waals surface area (Å²) < 4.78 is 1.90. The van der Waals surface area contributed by atoms with Gasteiger partial charge in [-0.15, -0.1) is 0 Å². The van der Waals surface area contributed by atoms with Crippen molar-refractivity contribution in [3.8, 4) is 6.07 Å². The Kier molecular flexibility index (Phi) is 4.07. The maximum atomic E-state index is 12.1. The molecule has 1 atom stereocenters. The molecular weight excluding hydrogens is 288 g/mol. The quantitative estimate of drug-likeness (QED) is 0.805. The molecule has 0 aliphatic rings.